The topological polar surface area (TPSA) is 82.5 Å². The number of amides is 2. The molecule has 3 saturated heterocycles. The van der Waals surface area contributed by atoms with E-state index in [1.54, 1.807) is 0 Å². The zero-order valence-electron chi connectivity index (χ0n) is 18.3. The molecule has 4 heterocycles. The highest BCUT2D eigenvalue weighted by atomic mass is 16.2. The monoisotopic (exact) mass is 424 g/mol. The summed E-state index contributed by atoms with van der Waals surface area (Å²) in [5.74, 6) is 0.0422. The van der Waals surface area contributed by atoms with Crippen LogP contribution in [0.25, 0.3) is 10.9 Å². The molecule has 1 aromatic carbocycles. The fourth-order valence-corrected chi connectivity index (χ4v) is 5.41. The number of carbonyl (C=O) groups excluding carboxylic acids is 2. The molecule has 31 heavy (non-hydrogen) atoms. The summed E-state index contributed by atoms with van der Waals surface area (Å²) in [6.07, 6.45) is 3.47. The first kappa shape index (κ1) is 20.5. The van der Waals surface area contributed by atoms with E-state index in [-0.39, 0.29) is 17.7 Å². The minimum atomic E-state index is -0.363. The lowest BCUT2D eigenvalue weighted by molar-refractivity contribution is -0.134. The fraction of sp³-hybridized carbons (Fsp3) is 0.609. The molecule has 3 aliphatic rings. The van der Waals surface area contributed by atoms with Gasteiger partial charge in [0.05, 0.1) is 22.8 Å². The van der Waals surface area contributed by atoms with Gasteiger partial charge in [0.1, 0.15) is 0 Å². The first-order chi connectivity index (χ1) is 15.1. The minimum absolute atomic E-state index is 0.190. The van der Waals surface area contributed by atoms with E-state index in [0.717, 1.165) is 61.8 Å². The van der Waals surface area contributed by atoms with Gasteiger partial charge in [-0.2, -0.15) is 5.10 Å². The Morgan fingerprint density at radius 2 is 1.84 bits per heavy atom. The summed E-state index contributed by atoms with van der Waals surface area (Å²) < 4.78 is 1.91. The number of imide groups is 1. The molecule has 166 valence electrons. The second kappa shape index (κ2) is 8.59. The minimum Gasteiger partial charge on any atom is -0.367 e. The molecule has 0 radical (unpaired) electrons. The van der Waals surface area contributed by atoms with Crippen LogP contribution in [0.4, 0.5) is 5.69 Å². The Labute approximate surface area is 182 Å². The number of carbonyl (C=O) groups is 2. The lowest BCUT2D eigenvalue weighted by Gasteiger charge is -2.38. The number of hydrogen-bond acceptors (Lipinski definition) is 6. The maximum Gasteiger partial charge on any atom is 0.235 e. The van der Waals surface area contributed by atoms with E-state index >= 15 is 0 Å². The molecule has 1 aromatic heterocycles. The molecule has 8 nitrogen and oxygen atoms in total. The van der Waals surface area contributed by atoms with Crippen LogP contribution in [0.15, 0.2) is 18.2 Å². The maximum atomic E-state index is 12.4. The van der Waals surface area contributed by atoms with Gasteiger partial charge in [-0.3, -0.25) is 24.5 Å². The number of anilines is 1. The summed E-state index contributed by atoms with van der Waals surface area (Å²) in [7, 11) is 1.95. The summed E-state index contributed by atoms with van der Waals surface area (Å²) in [5.41, 5.74) is 3.05. The van der Waals surface area contributed by atoms with Crippen molar-refractivity contribution in [3.8, 4) is 0 Å². The van der Waals surface area contributed by atoms with E-state index in [1.165, 1.54) is 25.1 Å². The van der Waals surface area contributed by atoms with Crippen LogP contribution in [0.1, 0.15) is 37.3 Å². The number of nitrogens with one attached hydrogen (secondary N) is 2. The third-order valence-electron chi connectivity index (χ3n) is 7.13. The van der Waals surface area contributed by atoms with Crippen molar-refractivity contribution in [2.75, 3.05) is 50.7 Å². The van der Waals surface area contributed by atoms with Crippen molar-refractivity contribution < 1.29 is 9.59 Å². The van der Waals surface area contributed by atoms with Crippen LogP contribution in [0, 0.1) is 5.92 Å². The van der Waals surface area contributed by atoms with E-state index in [4.69, 9.17) is 5.10 Å². The van der Waals surface area contributed by atoms with Crippen molar-refractivity contribution in [3.05, 3.63) is 23.9 Å². The third-order valence-corrected chi connectivity index (χ3v) is 7.13. The van der Waals surface area contributed by atoms with Crippen LogP contribution < -0.4 is 15.5 Å². The van der Waals surface area contributed by atoms with Crippen molar-refractivity contribution in [1.82, 2.24) is 25.3 Å². The number of piperidine rings is 2. The van der Waals surface area contributed by atoms with Crippen molar-refractivity contribution >= 4 is 28.4 Å². The highest BCUT2D eigenvalue weighted by molar-refractivity contribution is 6.03. The number of rotatable bonds is 4. The van der Waals surface area contributed by atoms with Crippen LogP contribution in [0.5, 0.6) is 0 Å². The average Bonchev–Trinajstić information content (AvgIpc) is 3.12. The maximum absolute atomic E-state index is 12.4. The molecule has 3 aliphatic heterocycles. The molecule has 0 saturated carbocycles. The highest BCUT2D eigenvalue weighted by Gasteiger charge is 2.32. The first-order valence-electron chi connectivity index (χ1n) is 11.6. The van der Waals surface area contributed by atoms with Gasteiger partial charge < -0.3 is 10.2 Å². The van der Waals surface area contributed by atoms with E-state index in [9.17, 15) is 9.59 Å². The number of aromatic nitrogens is 2. The predicted molar refractivity (Wildman–Crippen MR) is 120 cm³/mol. The molecule has 8 heteroatoms. The van der Waals surface area contributed by atoms with Gasteiger partial charge in [0, 0.05) is 51.6 Å². The molecule has 0 bridgehead atoms. The van der Waals surface area contributed by atoms with Crippen LogP contribution in [0.2, 0.25) is 0 Å². The van der Waals surface area contributed by atoms with Crippen molar-refractivity contribution in [1.29, 1.82) is 0 Å². The second-order valence-corrected chi connectivity index (χ2v) is 9.17. The summed E-state index contributed by atoms with van der Waals surface area (Å²) in [4.78, 5) is 29.1. The Hall–Kier alpha value is -2.45. The van der Waals surface area contributed by atoms with E-state index in [2.05, 4.69) is 38.6 Å². The van der Waals surface area contributed by atoms with Crippen molar-refractivity contribution in [3.63, 3.8) is 0 Å². The molecular weight excluding hydrogens is 392 g/mol. The van der Waals surface area contributed by atoms with Crippen molar-refractivity contribution in [2.45, 2.75) is 31.6 Å². The van der Waals surface area contributed by atoms with E-state index < -0.39 is 0 Å². The largest absolute Gasteiger partial charge is 0.367 e. The zero-order chi connectivity index (χ0) is 21.4. The van der Waals surface area contributed by atoms with Gasteiger partial charge >= 0.3 is 0 Å². The number of aryl methyl sites for hydroxylation is 1. The Morgan fingerprint density at radius 3 is 2.58 bits per heavy atom. The zero-order valence-corrected chi connectivity index (χ0v) is 18.3. The molecule has 2 N–H and O–H groups in total. The first-order valence-corrected chi connectivity index (χ1v) is 11.6. The smallest absolute Gasteiger partial charge is 0.235 e. The number of para-hydroxylation sites is 1. The summed E-state index contributed by atoms with van der Waals surface area (Å²) in [6, 6.07) is 6.29. The Kier molecular flexibility index (Phi) is 5.67. The lowest BCUT2D eigenvalue weighted by Crippen LogP contribution is -2.48. The number of fused-ring (bicyclic) bond motifs is 1. The summed E-state index contributed by atoms with van der Waals surface area (Å²) >= 11 is 0. The van der Waals surface area contributed by atoms with Gasteiger partial charge in [0.2, 0.25) is 11.8 Å². The van der Waals surface area contributed by atoms with Crippen LogP contribution in [-0.4, -0.2) is 72.3 Å². The molecule has 2 aromatic rings. The Bertz CT molecular complexity index is 972. The highest BCUT2D eigenvalue weighted by Crippen LogP contribution is 2.35. The molecule has 0 aliphatic carbocycles. The predicted octanol–water partition coefficient (Wildman–Crippen LogP) is 1.22. The molecular formula is C23H32N6O2. The van der Waals surface area contributed by atoms with Crippen LogP contribution in [0.3, 0.4) is 0 Å². The number of nitrogens with zero attached hydrogens (tertiary/aromatic N) is 4. The van der Waals surface area contributed by atoms with Gasteiger partial charge in [-0.05, 0) is 44.3 Å². The van der Waals surface area contributed by atoms with Crippen LogP contribution in [-0.2, 0) is 16.6 Å². The number of hydrogen-bond donors (Lipinski definition) is 2. The summed E-state index contributed by atoms with van der Waals surface area (Å²) in [6.45, 7) is 7.69. The van der Waals surface area contributed by atoms with Gasteiger partial charge in [-0.1, -0.05) is 12.1 Å². The SMILES string of the molecule is Cn1nc(C2CCC(=O)NC2=O)c2cccc(N3CCN(CC4CCNCC4)CC3)c21. The lowest BCUT2D eigenvalue weighted by atomic mass is 9.92. The average molecular weight is 425 g/mol. The fourth-order valence-electron chi connectivity index (χ4n) is 5.41. The van der Waals surface area contributed by atoms with Crippen LogP contribution >= 0.6 is 0 Å². The van der Waals surface area contributed by atoms with Gasteiger partial charge in [-0.25, -0.2) is 0 Å². The molecule has 2 amide bonds. The quantitative estimate of drug-likeness (QED) is 0.718. The van der Waals surface area contributed by atoms with E-state index in [0.29, 0.717) is 12.8 Å². The molecule has 1 unspecified atom stereocenters. The van der Waals surface area contributed by atoms with Crippen molar-refractivity contribution in [2.24, 2.45) is 13.0 Å². The molecule has 3 fully saturated rings. The second-order valence-electron chi connectivity index (χ2n) is 9.17. The molecule has 5 rings (SSSR count). The van der Waals surface area contributed by atoms with Gasteiger partial charge in [0.25, 0.3) is 0 Å². The van der Waals surface area contributed by atoms with E-state index in [1.807, 2.05) is 11.7 Å². The number of benzene rings is 1. The van der Waals surface area contributed by atoms with Gasteiger partial charge in [-0.15, -0.1) is 0 Å². The standard InChI is InChI=1S/C23H32N6O2/c1-27-22-17(21(26-27)18-5-6-20(30)25-23(18)31)3-2-4-19(22)29-13-11-28(12-14-29)15-16-7-9-24-10-8-16/h2-4,16,18,24H,5-15H2,1H3,(H,25,30,31). The normalized spacial score (nSPS) is 24.0. The molecule has 0 spiro atoms. The number of piperazine rings is 1. The third kappa shape index (κ3) is 4.06. The van der Waals surface area contributed by atoms with Gasteiger partial charge in [0.15, 0.2) is 0 Å². The molecule has 1 atom stereocenters. The Morgan fingerprint density at radius 1 is 1.06 bits per heavy atom. The Balaban J connectivity index is 1.33. The summed E-state index contributed by atoms with van der Waals surface area (Å²) in [5, 5.41) is 11.7.